The largest absolute Gasteiger partial charge is 0.493 e. The number of aliphatic carboxylic acids is 1. The van der Waals surface area contributed by atoms with Crippen molar-refractivity contribution in [2.75, 3.05) is 6.61 Å². The third kappa shape index (κ3) is 4.77. The van der Waals surface area contributed by atoms with E-state index in [1.54, 1.807) is 0 Å². The molecule has 0 saturated carbocycles. The molecule has 5 heteroatoms. The minimum atomic E-state index is -0.815. The van der Waals surface area contributed by atoms with Crippen LogP contribution in [-0.2, 0) is 9.59 Å². The van der Waals surface area contributed by atoms with Crippen LogP contribution in [0.4, 0.5) is 0 Å². The molecule has 5 nitrogen and oxygen atoms in total. The SMILES string of the molecule is O=C(O)CCCCC(=O)NC1CCCOc2ccccc21. The van der Waals surface area contributed by atoms with Gasteiger partial charge in [0, 0.05) is 18.4 Å². The number of hydrogen-bond donors (Lipinski definition) is 2. The summed E-state index contributed by atoms with van der Waals surface area (Å²) in [4.78, 5) is 22.4. The molecule has 21 heavy (non-hydrogen) atoms. The topological polar surface area (TPSA) is 75.6 Å². The normalized spacial score (nSPS) is 17.2. The number of amides is 1. The molecule has 1 aromatic carbocycles. The number of carbonyl (C=O) groups is 2. The number of rotatable bonds is 6. The molecule has 0 aliphatic carbocycles. The first-order valence-corrected chi connectivity index (χ1v) is 7.39. The lowest BCUT2D eigenvalue weighted by Crippen LogP contribution is -2.28. The third-order valence-electron chi connectivity index (χ3n) is 3.57. The first kappa shape index (κ1) is 15.4. The maximum Gasteiger partial charge on any atom is 0.303 e. The van der Waals surface area contributed by atoms with Gasteiger partial charge in [0.15, 0.2) is 0 Å². The number of nitrogens with one attached hydrogen (secondary N) is 1. The summed E-state index contributed by atoms with van der Waals surface area (Å²) in [7, 11) is 0. The van der Waals surface area contributed by atoms with Gasteiger partial charge in [0.2, 0.25) is 5.91 Å². The second kappa shape index (κ2) is 7.67. The molecule has 0 bridgehead atoms. The van der Waals surface area contributed by atoms with E-state index in [0.29, 0.717) is 25.9 Å². The molecule has 2 N–H and O–H groups in total. The lowest BCUT2D eigenvalue weighted by molar-refractivity contribution is -0.137. The highest BCUT2D eigenvalue weighted by atomic mass is 16.5. The van der Waals surface area contributed by atoms with Gasteiger partial charge in [0.25, 0.3) is 0 Å². The Morgan fingerprint density at radius 1 is 1.24 bits per heavy atom. The van der Waals surface area contributed by atoms with Crippen LogP contribution in [0.25, 0.3) is 0 Å². The van der Waals surface area contributed by atoms with Crippen LogP contribution in [0.2, 0.25) is 0 Å². The van der Waals surface area contributed by atoms with Crippen LogP contribution in [-0.4, -0.2) is 23.6 Å². The maximum absolute atomic E-state index is 12.0. The van der Waals surface area contributed by atoms with Crippen LogP contribution >= 0.6 is 0 Å². The average molecular weight is 291 g/mol. The van der Waals surface area contributed by atoms with Crippen molar-refractivity contribution in [3.05, 3.63) is 29.8 Å². The van der Waals surface area contributed by atoms with E-state index in [4.69, 9.17) is 9.84 Å². The average Bonchev–Trinajstić information content (AvgIpc) is 2.66. The van der Waals surface area contributed by atoms with Crippen LogP contribution in [0, 0.1) is 0 Å². The molecule has 0 spiro atoms. The van der Waals surface area contributed by atoms with Crippen molar-refractivity contribution in [2.45, 2.75) is 44.6 Å². The second-order valence-corrected chi connectivity index (χ2v) is 5.25. The number of hydrogen-bond acceptors (Lipinski definition) is 3. The maximum atomic E-state index is 12.0. The van der Waals surface area contributed by atoms with Crippen LogP contribution in [0.15, 0.2) is 24.3 Å². The van der Waals surface area contributed by atoms with Gasteiger partial charge in [-0.05, 0) is 31.7 Å². The lowest BCUT2D eigenvalue weighted by atomic mass is 10.0. The van der Waals surface area contributed by atoms with Crippen molar-refractivity contribution >= 4 is 11.9 Å². The van der Waals surface area contributed by atoms with E-state index in [0.717, 1.165) is 24.2 Å². The number of benzene rings is 1. The number of carboxylic acids is 1. The molecule has 1 unspecified atom stereocenters. The first-order chi connectivity index (χ1) is 10.2. The fourth-order valence-corrected chi connectivity index (χ4v) is 2.50. The molecule has 0 aromatic heterocycles. The fourth-order valence-electron chi connectivity index (χ4n) is 2.50. The molecule has 1 aliphatic rings. The first-order valence-electron chi connectivity index (χ1n) is 7.39. The van der Waals surface area contributed by atoms with E-state index in [2.05, 4.69) is 5.32 Å². The van der Waals surface area contributed by atoms with E-state index in [-0.39, 0.29) is 18.4 Å². The van der Waals surface area contributed by atoms with Gasteiger partial charge in [-0.3, -0.25) is 9.59 Å². The number of unbranched alkanes of at least 4 members (excludes halogenated alkanes) is 1. The minimum Gasteiger partial charge on any atom is -0.493 e. The molecule has 1 aliphatic heterocycles. The Morgan fingerprint density at radius 3 is 2.81 bits per heavy atom. The predicted octanol–water partition coefficient (Wildman–Crippen LogP) is 2.66. The highest BCUT2D eigenvalue weighted by Crippen LogP contribution is 2.31. The zero-order valence-corrected chi connectivity index (χ0v) is 12.0. The van der Waals surface area contributed by atoms with Crippen LogP contribution in [0.3, 0.4) is 0 Å². The minimum absolute atomic E-state index is 0.0179. The smallest absolute Gasteiger partial charge is 0.303 e. The monoisotopic (exact) mass is 291 g/mol. The quantitative estimate of drug-likeness (QED) is 0.790. The Morgan fingerprint density at radius 2 is 2.00 bits per heavy atom. The number of ether oxygens (including phenoxy) is 1. The van der Waals surface area contributed by atoms with Crippen molar-refractivity contribution in [1.29, 1.82) is 0 Å². The summed E-state index contributed by atoms with van der Waals surface area (Å²) >= 11 is 0. The van der Waals surface area contributed by atoms with Gasteiger partial charge < -0.3 is 15.2 Å². The Bertz CT molecular complexity index is 501. The second-order valence-electron chi connectivity index (χ2n) is 5.25. The van der Waals surface area contributed by atoms with Crippen LogP contribution < -0.4 is 10.1 Å². The van der Waals surface area contributed by atoms with Crippen LogP contribution in [0.5, 0.6) is 5.75 Å². The van der Waals surface area contributed by atoms with E-state index >= 15 is 0 Å². The predicted molar refractivity (Wildman–Crippen MR) is 78.2 cm³/mol. The summed E-state index contributed by atoms with van der Waals surface area (Å²) in [6, 6.07) is 7.76. The zero-order chi connectivity index (χ0) is 15.1. The fraction of sp³-hybridized carbons (Fsp3) is 0.500. The highest BCUT2D eigenvalue weighted by Gasteiger charge is 2.20. The van der Waals surface area contributed by atoms with E-state index < -0.39 is 5.97 Å². The van der Waals surface area contributed by atoms with Crippen molar-refractivity contribution in [2.24, 2.45) is 0 Å². The molecule has 1 amide bonds. The van der Waals surface area contributed by atoms with Gasteiger partial charge in [-0.1, -0.05) is 18.2 Å². The lowest BCUT2D eigenvalue weighted by Gasteiger charge is -2.18. The standard InChI is InChI=1S/C16H21NO4/c18-15(9-3-4-10-16(19)20)17-13-7-5-11-21-14-8-2-1-6-12(13)14/h1-2,6,8,13H,3-5,7,9-11H2,(H,17,18)(H,19,20). The van der Waals surface area contributed by atoms with E-state index in [9.17, 15) is 9.59 Å². The molecular weight excluding hydrogens is 270 g/mol. The zero-order valence-electron chi connectivity index (χ0n) is 12.0. The van der Waals surface area contributed by atoms with Crippen LogP contribution in [0.1, 0.15) is 50.1 Å². The number of fused-ring (bicyclic) bond motifs is 1. The molecule has 1 atom stereocenters. The van der Waals surface area contributed by atoms with Crippen molar-refractivity contribution in [3.8, 4) is 5.75 Å². The molecular formula is C16H21NO4. The Hall–Kier alpha value is -2.04. The Balaban J connectivity index is 1.87. The number of carboxylic acid groups (broad SMARTS) is 1. The molecule has 2 rings (SSSR count). The summed E-state index contributed by atoms with van der Waals surface area (Å²) < 4.78 is 5.67. The number of carbonyl (C=O) groups excluding carboxylic acids is 1. The van der Waals surface area contributed by atoms with Gasteiger partial charge >= 0.3 is 5.97 Å². The van der Waals surface area contributed by atoms with Crippen molar-refractivity contribution in [1.82, 2.24) is 5.32 Å². The van der Waals surface area contributed by atoms with E-state index in [1.807, 2.05) is 24.3 Å². The highest BCUT2D eigenvalue weighted by molar-refractivity contribution is 5.76. The summed E-state index contributed by atoms with van der Waals surface area (Å²) in [5.74, 6) is -0.00137. The molecule has 1 heterocycles. The van der Waals surface area contributed by atoms with Crippen molar-refractivity contribution in [3.63, 3.8) is 0 Å². The van der Waals surface area contributed by atoms with E-state index in [1.165, 1.54) is 0 Å². The Labute approximate surface area is 124 Å². The van der Waals surface area contributed by atoms with Gasteiger partial charge in [0.1, 0.15) is 5.75 Å². The summed E-state index contributed by atoms with van der Waals surface area (Å²) in [6.07, 6.45) is 3.38. The molecule has 0 fully saturated rings. The van der Waals surface area contributed by atoms with Gasteiger partial charge in [-0.25, -0.2) is 0 Å². The number of para-hydroxylation sites is 1. The summed E-state index contributed by atoms with van der Waals surface area (Å²) in [5.41, 5.74) is 1.02. The molecule has 0 saturated heterocycles. The Kier molecular flexibility index (Phi) is 5.60. The summed E-state index contributed by atoms with van der Waals surface area (Å²) in [6.45, 7) is 0.669. The van der Waals surface area contributed by atoms with Gasteiger partial charge in [0.05, 0.1) is 12.6 Å². The van der Waals surface area contributed by atoms with Gasteiger partial charge in [-0.15, -0.1) is 0 Å². The van der Waals surface area contributed by atoms with Crippen molar-refractivity contribution < 1.29 is 19.4 Å². The molecule has 0 radical (unpaired) electrons. The molecule has 1 aromatic rings. The molecule has 114 valence electrons. The van der Waals surface area contributed by atoms with Gasteiger partial charge in [-0.2, -0.15) is 0 Å². The third-order valence-corrected chi connectivity index (χ3v) is 3.57. The summed E-state index contributed by atoms with van der Waals surface area (Å²) in [5, 5.41) is 11.6.